The van der Waals surface area contributed by atoms with E-state index in [0.717, 1.165) is 31.5 Å². The summed E-state index contributed by atoms with van der Waals surface area (Å²) in [6.45, 7) is 5.55. The number of hydrogen-bond acceptors (Lipinski definition) is 6. The average molecular weight is 371 g/mol. The van der Waals surface area contributed by atoms with Crippen LogP contribution in [0.2, 0.25) is 0 Å². The molecule has 8 heteroatoms. The van der Waals surface area contributed by atoms with Gasteiger partial charge in [0, 0.05) is 18.0 Å². The average Bonchev–Trinajstić information content (AvgIpc) is 3.01. The quantitative estimate of drug-likeness (QED) is 0.889. The number of alkyl carbamates (subject to hydrolysis) is 1. The van der Waals surface area contributed by atoms with Gasteiger partial charge in [0.1, 0.15) is 17.5 Å². The van der Waals surface area contributed by atoms with Crippen LogP contribution in [0.15, 0.2) is 12.3 Å². The minimum absolute atomic E-state index is 0.0335. The Morgan fingerprint density at radius 2 is 2.15 bits per heavy atom. The van der Waals surface area contributed by atoms with Gasteiger partial charge in [0.05, 0.1) is 18.9 Å². The molecule has 0 aliphatic heterocycles. The van der Waals surface area contributed by atoms with E-state index in [1.54, 1.807) is 12.3 Å². The van der Waals surface area contributed by atoms with E-state index in [2.05, 4.69) is 21.6 Å². The van der Waals surface area contributed by atoms with Crippen LogP contribution in [-0.4, -0.2) is 39.4 Å². The summed E-state index contributed by atoms with van der Waals surface area (Å²) in [6, 6.07) is 3.82. The van der Waals surface area contributed by atoms with Gasteiger partial charge in [-0.25, -0.2) is 4.79 Å². The lowest BCUT2D eigenvalue weighted by molar-refractivity contribution is 0.0490. The Morgan fingerprint density at radius 1 is 1.37 bits per heavy atom. The maximum absolute atomic E-state index is 12.1. The second-order valence-electron chi connectivity index (χ2n) is 7.86. The number of ether oxygens (including phenoxy) is 2. The summed E-state index contributed by atoms with van der Waals surface area (Å²) in [4.78, 5) is 12.1. The third-order valence-corrected chi connectivity index (χ3v) is 4.63. The van der Waals surface area contributed by atoms with Gasteiger partial charge >= 0.3 is 6.09 Å². The van der Waals surface area contributed by atoms with Crippen molar-refractivity contribution in [2.75, 3.05) is 7.11 Å². The largest absolute Gasteiger partial charge is 0.494 e. The second kappa shape index (κ2) is 7.43. The summed E-state index contributed by atoms with van der Waals surface area (Å²) in [5.74, 6) is 1.47. The highest BCUT2D eigenvalue weighted by Gasteiger charge is 2.29. The molecule has 8 nitrogen and oxygen atoms in total. The Morgan fingerprint density at radius 3 is 2.81 bits per heavy atom. The van der Waals surface area contributed by atoms with E-state index in [1.807, 2.05) is 25.2 Å². The van der Waals surface area contributed by atoms with Gasteiger partial charge in [0.15, 0.2) is 11.4 Å². The van der Waals surface area contributed by atoms with E-state index in [0.29, 0.717) is 17.0 Å². The third-order valence-electron chi connectivity index (χ3n) is 4.63. The van der Waals surface area contributed by atoms with E-state index in [-0.39, 0.29) is 18.1 Å². The molecule has 2 atom stereocenters. The molecule has 1 saturated carbocycles. The van der Waals surface area contributed by atoms with Crippen molar-refractivity contribution in [3.63, 3.8) is 0 Å². The normalized spacial score (nSPS) is 20.1. The zero-order valence-corrected chi connectivity index (χ0v) is 16.2. The second-order valence-corrected chi connectivity index (χ2v) is 7.86. The molecular formula is C19H25N5O3. The molecule has 1 aliphatic carbocycles. The highest BCUT2D eigenvalue weighted by atomic mass is 16.6. The predicted molar refractivity (Wildman–Crippen MR) is 98.6 cm³/mol. The van der Waals surface area contributed by atoms with Gasteiger partial charge in [-0.1, -0.05) is 6.42 Å². The third kappa shape index (κ3) is 4.30. The molecular weight excluding hydrogens is 346 g/mol. The number of rotatable bonds is 3. The molecule has 1 fully saturated rings. The smallest absolute Gasteiger partial charge is 0.407 e. The Balaban J connectivity index is 1.78. The number of nitriles is 1. The molecule has 0 spiro atoms. The fourth-order valence-electron chi connectivity index (χ4n) is 3.49. The minimum atomic E-state index is -0.517. The number of hydrogen-bond donors (Lipinski definition) is 1. The summed E-state index contributed by atoms with van der Waals surface area (Å²) in [5.41, 5.74) is 0.526. The first-order valence-electron chi connectivity index (χ1n) is 9.13. The Hall–Kier alpha value is -2.82. The van der Waals surface area contributed by atoms with Gasteiger partial charge in [-0.15, -0.1) is 10.2 Å². The first kappa shape index (κ1) is 19.0. The van der Waals surface area contributed by atoms with Crippen LogP contribution >= 0.6 is 0 Å². The number of carbonyl (C=O) groups is 1. The lowest BCUT2D eigenvalue weighted by atomic mass is 9.85. The van der Waals surface area contributed by atoms with Crippen molar-refractivity contribution in [3.8, 4) is 11.8 Å². The number of aromatic nitrogens is 3. The van der Waals surface area contributed by atoms with Crippen molar-refractivity contribution in [3.05, 3.63) is 23.7 Å². The van der Waals surface area contributed by atoms with Gasteiger partial charge in [-0.05, 0) is 40.0 Å². The summed E-state index contributed by atoms with van der Waals surface area (Å²) >= 11 is 0. The molecule has 0 saturated heterocycles. The first-order chi connectivity index (χ1) is 12.8. The fourth-order valence-corrected chi connectivity index (χ4v) is 3.49. The van der Waals surface area contributed by atoms with Gasteiger partial charge < -0.3 is 14.8 Å². The number of carbonyl (C=O) groups excluding carboxylic acids is 1. The lowest BCUT2D eigenvalue weighted by Crippen LogP contribution is -2.41. The van der Waals surface area contributed by atoms with Crippen LogP contribution < -0.4 is 10.1 Å². The van der Waals surface area contributed by atoms with Crippen LogP contribution in [0.25, 0.3) is 5.65 Å². The molecule has 0 unspecified atom stereocenters. The number of methoxy groups -OCH3 is 1. The van der Waals surface area contributed by atoms with Crippen molar-refractivity contribution < 1.29 is 14.3 Å². The highest BCUT2D eigenvalue weighted by Crippen LogP contribution is 2.33. The number of nitrogens with zero attached hydrogens (tertiary/aromatic N) is 4. The molecule has 2 aromatic rings. The van der Waals surface area contributed by atoms with Crippen molar-refractivity contribution >= 4 is 11.7 Å². The highest BCUT2D eigenvalue weighted by molar-refractivity contribution is 5.68. The van der Waals surface area contributed by atoms with Crippen LogP contribution in [0.4, 0.5) is 4.79 Å². The molecule has 1 aliphatic rings. The topological polar surface area (TPSA) is 102 Å². The molecule has 0 aromatic carbocycles. The summed E-state index contributed by atoms with van der Waals surface area (Å²) in [6.07, 6.45) is 4.99. The van der Waals surface area contributed by atoms with Crippen molar-refractivity contribution in [2.45, 2.75) is 64.0 Å². The lowest BCUT2D eigenvalue weighted by Gasteiger charge is -2.30. The van der Waals surface area contributed by atoms with Crippen molar-refractivity contribution in [2.24, 2.45) is 0 Å². The predicted octanol–water partition coefficient (Wildman–Crippen LogP) is 3.16. The van der Waals surface area contributed by atoms with E-state index in [4.69, 9.17) is 9.47 Å². The van der Waals surface area contributed by atoms with E-state index in [9.17, 15) is 10.1 Å². The van der Waals surface area contributed by atoms with Crippen LogP contribution in [0, 0.1) is 11.3 Å². The molecule has 27 heavy (non-hydrogen) atoms. The minimum Gasteiger partial charge on any atom is -0.494 e. The molecule has 1 N–H and O–H groups in total. The summed E-state index contributed by atoms with van der Waals surface area (Å²) < 4.78 is 12.5. The van der Waals surface area contributed by atoms with Crippen LogP contribution in [0.1, 0.15) is 63.8 Å². The molecule has 2 heterocycles. The standard InChI is InChI=1S/C19H25N5O3/c1-19(2,3)27-18(25)21-14-7-5-6-12(8-14)17-23-22-16-9-13(10-20)15(26-4)11-24(16)17/h9,11-12,14H,5-8H2,1-4H3,(H,21,25)/t12-,14+/m0/s1. The Bertz CT molecular complexity index is 878. The molecule has 3 rings (SSSR count). The maximum atomic E-state index is 12.1. The summed E-state index contributed by atoms with van der Waals surface area (Å²) in [5, 5.41) is 20.7. The summed E-state index contributed by atoms with van der Waals surface area (Å²) in [7, 11) is 1.54. The molecule has 0 bridgehead atoms. The van der Waals surface area contributed by atoms with E-state index < -0.39 is 5.60 Å². The fraction of sp³-hybridized carbons (Fsp3) is 0.579. The molecule has 1 amide bonds. The Labute approximate surface area is 158 Å². The van der Waals surface area contributed by atoms with Gasteiger partial charge in [-0.2, -0.15) is 5.26 Å². The van der Waals surface area contributed by atoms with E-state index >= 15 is 0 Å². The zero-order valence-electron chi connectivity index (χ0n) is 16.2. The number of pyridine rings is 1. The monoisotopic (exact) mass is 371 g/mol. The maximum Gasteiger partial charge on any atom is 0.407 e. The van der Waals surface area contributed by atoms with Crippen molar-refractivity contribution in [1.82, 2.24) is 19.9 Å². The van der Waals surface area contributed by atoms with E-state index in [1.165, 1.54) is 7.11 Å². The van der Waals surface area contributed by atoms with Crippen molar-refractivity contribution in [1.29, 1.82) is 5.26 Å². The SMILES string of the molecule is COc1cn2c([C@H]3CCC[C@@H](NC(=O)OC(C)(C)C)C3)nnc2cc1C#N. The molecule has 2 aromatic heterocycles. The Kier molecular flexibility index (Phi) is 5.22. The molecule has 144 valence electrons. The van der Waals surface area contributed by atoms with Crippen LogP contribution in [0.3, 0.4) is 0 Å². The van der Waals surface area contributed by atoms with Gasteiger partial charge in [0.2, 0.25) is 0 Å². The first-order valence-corrected chi connectivity index (χ1v) is 9.13. The number of fused-ring (bicyclic) bond motifs is 1. The number of nitrogens with one attached hydrogen (secondary N) is 1. The zero-order chi connectivity index (χ0) is 19.6. The van der Waals surface area contributed by atoms with Crippen LogP contribution in [0.5, 0.6) is 5.75 Å². The van der Waals surface area contributed by atoms with Gasteiger partial charge in [0.25, 0.3) is 0 Å². The number of amides is 1. The van der Waals surface area contributed by atoms with Gasteiger partial charge in [-0.3, -0.25) is 4.40 Å². The molecule has 0 radical (unpaired) electrons. The van der Waals surface area contributed by atoms with Crippen LogP contribution in [-0.2, 0) is 4.74 Å².